The molecule has 2 heterocycles. The summed E-state index contributed by atoms with van der Waals surface area (Å²) in [6, 6.07) is 6.01. The van der Waals surface area contributed by atoms with Crippen molar-refractivity contribution in [3.05, 3.63) is 34.1 Å². The highest BCUT2D eigenvalue weighted by Gasteiger charge is 2.38. The van der Waals surface area contributed by atoms with Crippen LogP contribution in [0.2, 0.25) is 0 Å². The van der Waals surface area contributed by atoms with E-state index in [0.29, 0.717) is 31.5 Å². The number of nitrogens with zero attached hydrogens (tertiary/aromatic N) is 2. The fourth-order valence-electron chi connectivity index (χ4n) is 2.69. The molecule has 0 atom stereocenters. The zero-order valence-electron chi connectivity index (χ0n) is 11.9. The highest BCUT2D eigenvalue weighted by molar-refractivity contribution is 9.10. The van der Waals surface area contributed by atoms with Gasteiger partial charge in [0.15, 0.2) is 0 Å². The molecule has 21 heavy (non-hydrogen) atoms. The minimum absolute atomic E-state index is 0.243. The third-order valence-corrected chi connectivity index (χ3v) is 4.64. The second-order valence-electron chi connectivity index (χ2n) is 5.48. The lowest BCUT2D eigenvalue weighted by Crippen LogP contribution is -2.40. The van der Waals surface area contributed by atoms with Crippen molar-refractivity contribution in [2.45, 2.75) is 25.2 Å². The van der Waals surface area contributed by atoms with E-state index >= 15 is 0 Å². The first kappa shape index (κ1) is 14.7. The van der Waals surface area contributed by atoms with Crippen molar-refractivity contribution >= 4 is 15.9 Å². The molecule has 0 amide bonds. The third-order valence-electron chi connectivity index (χ3n) is 4.15. The molecule has 1 saturated heterocycles. The summed E-state index contributed by atoms with van der Waals surface area (Å²) in [6.45, 7) is 3.90. The SMILES string of the molecule is Cc1cc(Br)ccc1-c1noc(C2(CN)CCOCC2)n1. The zero-order chi connectivity index (χ0) is 14.9. The molecule has 1 aromatic carbocycles. The molecule has 6 heteroatoms. The molecule has 1 fully saturated rings. The van der Waals surface area contributed by atoms with Crippen molar-refractivity contribution in [2.75, 3.05) is 19.8 Å². The van der Waals surface area contributed by atoms with E-state index in [0.717, 1.165) is 28.4 Å². The number of benzene rings is 1. The second-order valence-corrected chi connectivity index (χ2v) is 6.39. The molecule has 3 rings (SSSR count). The average Bonchev–Trinajstić information content (AvgIpc) is 2.98. The molecule has 0 radical (unpaired) electrons. The Kier molecular flexibility index (Phi) is 4.10. The molecule has 0 aliphatic carbocycles. The summed E-state index contributed by atoms with van der Waals surface area (Å²) >= 11 is 3.46. The molecule has 1 aliphatic rings. The quantitative estimate of drug-likeness (QED) is 0.920. The molecule has 2 N–H and O–H groups in total. The molecular weight excluding hydrogens is 334 g/mol. The first-order valence-corrected chi connectivity index (χ1v) is 7.82. The standard InChI is InChI=1S/C15H18BrN3O2/c1-10-8-11(16)2-3-12(10)13-18-14(21-19-13)15(9-17)4-6-20-7-5-15/h2-3,8H,4-7,9,17H2,1H3. The number of aryl methyl sites for hydroxylation is 1. The Morgan fingerprint density at radius 2 is 2.10 bits per heavy atom. The number of halogens is 1. The van der Waals surface area contributed by atoms with Gasteiger partial charge in [0.1, 0.15) is 0 Å². The molecule has 2 aromatic rings. The maximum atomic E-state index is 5.98. The zero-order valence-corrected chi connectivity index (χ0v) is 13.5. The van der Waals surface area contributed by atoms with Crippen molar-refractivity contribution in [2.24, 2.45) is 5.73 Å². The van der Waals surface area contributed by atoms with Crippen molar-refractivity contribution in [1.29, 1.82) is 0 Å². The number of nitrogens with two attached hydrogens (primary N) is 1. The Balaban J connectivity index is 1.95. The van der Waals surface area contributed by atoms with Crippen LogP contribution in [0.4, 0.5) is 0 Å². The van der Waals surface area contributed by atoms with Crippen LogP contribution in [-0.2, 0) is 10.2 Å². The maximum Gasteiger partial charge on any atom is 0.234 e. The van der Waals surface area contributed by atoms with Crippen LogP contribution in [0.3, 0.4) is 0 Å². The summed E-state index contributed by atoms with van der Waals surface area (Å²) in [4.78, 5) is 4.61. The molecule has 0 spiro atoms. The molecule has 1 aliphatic heterocycles. The Bertz CT molecular complexity index is 636. The maximum absolute atomic E-state index is 5.98. The van der Waals surface area contributed by atoms with E-state index < -0.39 is 0 Å². The van der Waals surface area contributed by atoms with Crippen LogP contribution in [0.5, 0.6) is 0 Å². The van der Waals surface area contributed by atoms with Gasteiger partial charge in [-0.25, -0.2) is 0 Å². The van der Waals surface area contributed by atoms with Crippen molar-refractivity contribution in [1.82, 2.24) is 10.1 Å². The van der Waals surface area contributed by atoms with Crippen LogP contribution in [-0.4, -0.2) is 29.9 Å². The monoisotopic (exact) mass is 351 g/mol. The highest BCUT2D eigenvalue weighted by Crippen LogP contribution is 2.34. The van der Waals surface area contributed by atoms with Gasteiger partial charge in [0.05, 0.1) is 5.41 Å². The topological polar surface area (TPSA) is 74.2 Å². The average molecular weight is 352 g/mol. The van der Waals surface area contributed by atoms with Gasteiger partial charge in [-0.2, -0.15) is 4.98 Å². The predicted octanol–water partition coefficient (Wildman–Crippen LogP) is 2.81. The molecule has 1 aromatic heterocycles. The first-order chi connectivity index (χ1) is 10.1. The summed E-state index contributed by atoms with van der Waals surface area (Å²) in [5.74, 6) is 1.25. The van der Waals surface area contributed by atoms with E-state index in [2.05, 4.69) is 26.1 Å². The molecule has 0 saturated carbocycles. The van der Waals surface area contributed by atoms with E-state index in [1.165, 1.54) is 0 Å². The van der Waals surface area contributed by atoms with Gasteiger partial charge in [-0.15, -0.1) is 0 Å². The molecule has 112 valence electrons. The third kappa shape index (κ3) is 2.75. The van der Waals surface area contributed by atoms with Crippen LogP contribution in [0, 0.1) is 6.92 Å². The van der Waals surface area contributed by atoms with Gasteiger partial charge in [0, 0.05) is 29.8 Å². The Morgan fingerprint density at radius 1 is 1.33 bits per heavy atom. The minimum atomic E-state index is -0.243. The van der Waals surface area contributed by atoms with Crippen molar-refractivity contribution in [3.63, 3.8) is 0 Å². The van der Waals surface area contributed by atoms with Gasteiger partial charge in [0.2, 0.25) is 11.7 Å². The predicted molar refractivity (Wildman–Crippen MR) is 83.0 cm³/mol. The molecule has 0 unspecified atom stereocenters. The number of aromatic nitrogens is 2. The van der Waals surface area contributed by atoms with E-state index in [-0.39, 0.29) is 5.41 Å². The van der Waals surface area contributed by atoms with E-state index in [9.17, 15) is 0 Å². The molecular formula is C15H18BrN3O2. The van der Waals surface area contributed by atoms with Crippen LogP contribution >= 0.6 is 15.9 Å². The highest BCUT2D eigenvalue weighted by atomic mass is 79.9. The lowest BCUT2D eigenvalue weighted by atomic mass is 9.80. The second kappa shape index (κ2) is 5.87. The number of ether oxygens (including phenoxy) is 1. The summed E-state index contributed by atoms with van der Waals surface area (Å²) in [6.07, 6.45) is 1.65. The van der Waals surface area contributed by atoms with Gasteiger partial charge in [0.25, 0.3) is 0 Å². The summed E-state index contributed by atoms with van der Waals surface area (Å²) in [7, 11) is 0. The lowest BCUT2D eigenvalue weighted by Gasteiger charge is -2.32. The smallest absolute Gasteiger partial charge is 0.234 e. The van der Waals surface area contributed by atoms with Crippen LogP contribution in [0.15, 0.2) is 27.2 Å². The fourth-order valence-corrected chi connectivity index (χ4v) is 3.17. The van der Waals surface area contributed by atoms with E-state index in [1.807, 2.05) is 25.1 Å². The van der Waals surface area contributed by atoms with Crippen LogP contribution in [0.1, 0.15) is 24.3 Å². The normalized spacial score (nSPS) is 17.9. The first-order valence-electron chi connectivity index (χ1n) is 7.03. The summed E-state index contributed by atoms with van der Waals surface area (Å²) in [5, 5.41) is 4.15. The summed E-state index contributed by atoms with van der Waals surface area (Å²) < 4.78 is 12.0. The van der Waals surface area contributed by atoms with Gasteiger partial charge < -0.3 is 15.0 Å². The summed E-state index contributed by atoms with van der Waals surface area (Å²) in [5.41, 5.74) is 7.82. The van der Waals surface area contributed by atoms with E-state index in [1.54, 1.807) is 0 Å². The largest absolute Gasteiger partial charge is 0.381 e. The lowest BCUT2D eigenvalue weighted by molar-refractivity contribution is 0.0409. The number of hydrogen-bond acceptors (Lipinski definition) is 5. The van der Waals surface area contributed by atoms with Gasteiger partial charge >= 0.3 is 0 Å². The minimum Gasteiger partial charge on any atom is -0.381 e. The van der Waals surface area contributed by atoms with Crippen LogP contribution in [0.25, 0.3) is 11.4 Å². The molecule has 0 bridgehead atoms. The van der Waals surface area contributed by atoms with Gasteiger partial charge in [-0.05, 0) is 43.5 Å². The number of rotatable bonds is 3. The van der Waals surface area contributed by atoms with E-state index in [4.69, 9.17) is 15.0 Å². The Morgan fingerprint density at radius 3 is 2.76 bits per heavy atom. The van der Waals surface area contributed by atoms with Crippen LogP contribution < -0.4 is 5.73 Å². The Hall–Kier alpha value is -1.24. The van der Waals surface area contributed by atoms with Crippen molar-refractivity contribution in [3.8, 4) is 11.4 Å². The number of hydrogen-bond donors (Lipinski definition) is 1. The fraction of sp³-hybridized carbons (Fsp3) is 0.467. The van der Waals surface area contributed by atoms with Gasteiger partial charge in [-0.3, -0.25) is 0 Å². The van der Waals surface area contributed by atoms with Gasteiger partial charge in [-0.1, -0.05) is 21.1 Å². The Labute approximate surface area is 132 Å². The van der Waals surface area contributed by atoms with Crippen molar-refractivity contribution < 1.29 is 9.26 Å². The molecule has 5 nitrogen and oxygen atoms in total.